The number of rotatable bonds is 7. The summed E-state index contributed by atoms with van der Waals surface area (Å²) in [7, 11) is 0. The number of ether oxygens (including phenoxy) is 2. The third-order valence-corrected chi connectivity index (χ3v) is 5.07. The molecule has 158 valence electrons. The van der Waals surface area contributed by atoms with Crippen molar-refractivity contribution in [3.63, 3.8) is 0 Å². The molecule has 1 fully saturated rings. The Bertz CT molecular complexity index is 796. The van der Waals surface area contributed by atoms with Crippen LogP contribution in [0.25, 0.3) is 0 Å². The number of carbonyl (C=O) groups excluding carboxylic acids is 3. The standard InChI is InChI=1S/C20H27N3O6/c1-11(2)18(20(27)21-12(3)9-24)22-19(26)13-6-17(25)23(8-13)14-4-5-15-16(7-14)29-10-28-15/h4-5,7,11-13,18,24H,6,8-10H2,1-3H3,(H,21,27)(H,22,26). The van der Waals surface area contributed by atoms with Crippen molar-refractivity contribution in [3.8, 4) is 11.5 Å². The van der Waals surface area contributed by atoms with Crippen molar-refractivity contribution in [3.05, 3.63) is 18.2 Å². The van der Waals surface area contributed by atoms with E-state index in [0.29, 0.717) is 17.2 Å². The van der Waals surface area contributed by atoms with Gasteiger partial charge in [0.25, 0.3) is 0 Å². The maximum atomic E-state index is 12.8. The maximum absolute atomic E-state index is 12.8. The van der Waals surface area contributed by atoms with Crippen LogP contribution in [0.3, 0.4) is 0 Å². The van der Waals surface area contributed by atoms with Crippen LogP contribution in [-0.2, 0) is 14.4 Å². The monoisotopic (exact) mass is 405 g/mol. The van der Waals surface area contributed by atoms with Crippen LogP contribution >= 0.6 is 0 Å². The number of hydrogen-bond donors (Lipinski definition) is 3. The molecule has 29 heavy (non-hydrogen) atoms. The Morgan fingerprint density at radius 1 is 1.21 bits per heavy atom. The summed E-state index contributed by atoms with van der Waals surface area (Å²) < 4.78 is 10.6. The minimum atomic E-state index is -0.744. The number of nitrogens with one attached hydrogen (secondary N) is 2. The van der Waals surface area contributed by atoms with E-state index in [2.05, 4.69) is 10.6 Å². The molecule has 0 radical (unpaired) electrons. The Labute approximate surface area is 169 Å². The first-order valence-electron chi connectivity index (χ1n) is 9.71. The molecule has 0 aliphatic carbocycles. The fraction of sp³-hybridized carbons (Fsp3) is 0.550. The highest BCUT2D eigenvalue weighted by molar-refractivity contribution is 6.01. The van der Waals surface area contributed by atoms with E-state index in [-0.39, 0.29) is 50.0 Å². The lowest BCUT2D eigenvalue weighted by atomic mass is 10.0. The minimum Gasteiger partial charge on any atom is -0.454 e. The van der Waals surface area contributed by atoms with Gasteiger partial charge in [0.2, 0.25) is 24.5 Å². The fourth-order valence-corrected chi connectivity index (χ4v) is 3.37. The number of fused-ring (bicyclic) bond motifs is 1. The topological polar surface area (TPSA) is 117 Å². The van der Waals surface area contributed by atoms with Gasteiger partial charge in [-0.3, -0.25) is 14.4 Å². The first-order valence-corrected chi connectivity index (χ1v) is 9.71. The molecule has 3 N–H and O–H groups in total. The van der Waals surface area contributed by atoms with E-state index in [9.17, 15) is 14.4 Å². The van der Waals surface area contributed by atoms with Crippen molar-refractivity contribution in [2.45, 2.75) is 39.3 Å². The first kappa shape index (κ1) is 20.9. The molecule has 3 atom stereocenters. The molecule has 1 aromatic rings. The van der Waals surface area contributed by atoms with Gasteiger partial charge in [0.05, 0.1) is 12.5 Å². The molecule has 9 heteroatoms. The lowest BCUT2D eigenvalue weighted by Gasteiger charge is -2.25. The molecule has 2 aliphatic heterocycles. The molecule has 2 aliphatic rings. The molecule has 3 rings (SSSR count). The molecule has 3 unspecified atom stereocenters. The van der Waals surface area contributed by atoms with Crippen LogP contribution in [0.15, 0.2) is 18.2 Å². The zero-order chi connectivity index (χ0) is 21.1. The summed E-state index contributed by atoms with van der Waals surface area (Å²) in [6.07, 6.45) is 0.0692. The Hall–Kier alpha value is -2.81. The van der Waals surface area contributed by atoms with Gasteiger partial charge in [-0.1, -0.05) is 13.8 Å². The number of hydrogen-bond acceptors (Lipinski definition) is 6. The third kappa shape index (κ3) is 4.61. The Morgan fingerprint density at radius 3 is 2.62 bits per heavy atom. The second-order valence-corrected chi connectivity index (χ2v) is 7.77. The Morgan fingerprint density at radius 2 is 1.93 bits per heavy atom. The zero-order valence-electron chi connectivity index (χ0n) is 16.8. The number of aliphatic hydroxyl groups is 1. The highest BCUT2D eigenvalue weighted by Gasteiger charge is 2.37. The van der Waals surface area contributed by atoms with Crippen molar-refractivity contribution >= 4 is 23.4 Å². The number of aliphatic hydroxyl groups excluding tert-OH is 1. The molecule has 9 nitrogen and oxygen atoms in total. The molecule has 0 aromatic heterocycles. The predicted octanol–water partition coefficient (Wildman–Crippen LogP) is 0.406. The van der Waals surface area contributed by atoms with Crippen LogP contribution in [0, 0.1) is 11.8 Å². The molecular formula is C20H27N3O6. The van der Waals surface area contributed by atoms with Crippen molar-refractivity contribution in [2.24, 2.45) is 11.8 Å². The van der Waals surface area contributed by atoms with Crippen LogP contribution in [0.1, 0.15) is 27.2 Å². The molecule has 1 aromatic carbocycles. The van der Waals surface area contributed by atoms with Crippen molar-refractivity contribution < 1.29 is 29.0 Å². The number of carbonyl (C=O) groups is 3. The van der Waals surface area contributed by atoms with E-state index in [1.165, 1.54) is 0 Å². The van der Waals surface area contributed by atoms with Gasteiger partial charge in [-0.2, -0.15) is 0 Å². The van der Waals surface area contributed by atoms with Gasteiger partial charge in [-0.25, -0.2) is 0 Å². The van der Waals surface area contributed by atoms with Crippen LogP contribution < -0.4 is 25.0 Å². The summed E-state index contributed by atoms with van der Waals surface area (Å²) in [4.78, 5) is 39.2. The van der Waals surface area contributed by atoms with Crippen molar-refractivity contribution in [1.82, 2.24) is 10.6 Å². The summed E-state index contributed by atoms with van der Waals surface area (Å²) in [5.74, 6) is -0.373. The maximum Gasteiger partial charge on any atom is 0.243 e. The lowest BCUT2D eigenvalue weighted by Crippen LogP contribution is -2.53. The SMILES string of the molecule is CC(CO)NC(=O)C(NC(=O)C1CC(=O)N(c2ccc3c(c2)OCO3)C1)C(C)C. The molecule has 0 bridgehead atoms. The summed E-state index contributed by atoms with van der Waals surface area (Å²) in [6.45, 7) is 5.51. The molecular weight excluding hydrogens is 378 g/mol. The Kier molecular flexibility index (Phi) is 6.26. The van der Waals surface area contributed by atoms with E-state index in [4.69, 9.17) is 14.6 Å². The van der Waals surface area contributed by atoms with E-state index < -0.39 is 18.0 Å². The first-order chi connectivity index (χ1) is 13.8. The fourth-order valence-electron chi connectivity index (χ4n) is 3.37. The Balaban J connectivity index is 1.65. The van der Waals surface area contributed by atoms with Crippen LogP contribution in [0.4, 0.5) is 5.69 Å². The molecule has 0 saturated carbocycles. The highest BCUT2D eigenvalue weighted by Crippen LogP contribution is 2.37. The molecule has 2 heterocycles. The lowest BCUT2D eigenvalue weighted by molar-refractivity contribution is -0.132. The zero-order valence-corrected chi connectivity index (χ0v) is 16.8. The van der Waals surface area contributed by atoms with Crippen LogP contribution in [0.5, 0.6) is 11.5 Å². The normalized spacial score (nSPS) is 20.0. The molecule has 1 saturated heterocycles. The van der Waals surface area contributed by atoms with Crippen LogP contribution in [-0.4, -0.2) is 54.9 Å². The van der Waals surface area contributed by atoms with Crippen molar-refractivity contribution in [1.29, 1.82) is 0 Å². The van der Waals surface area contributed by atoms with E-state index >= 15 is 0 Å². The average Bonchev–Trinajstić information content (AvgIpc) is 3.30. The number of anilines is 1. The quantitative estimate of drug-likeness (QED) is 0.605. The van der Waals surface area contributed by atoms with E-state index in [0.717, 1.165) is 0 Å². The predicted molar refractivity (Wildman–Crippen MR) is 104 cm³/mol. The minimum absolute atomic E-state index is 0.0692. The third-order valence-electron chi connectivity index (χ3n) is 5.07. The van der Waals surface area contributed by atoms with E-state index in [1.807, 2.05) is 13.8 Å². The van der Waals surface area contributed by atoms with Gasteiger partial charge in [0.1, 0.15) is 6.04 Å². The van der Waals surface area contributed by atoms with Crippen LogP contribution in [0.2, 0.25) is 0 Å². The average molecular weight is 405 g/mol. The molecule has 0 spiro atoms. The summed E-state index contributed by atoms with van der Waals surface area (Å²) in [6, 6.07) is 4.06. The number of nitrogens with zero attached hydrogens (tertiary/aromatic N) is 1. The number of benzene rings is 1. The van der Waals surface area contributed by atoms with Gasteiger partial charge in [0, 0.05) is 30.8 Å². The van der Waals surface area contributed by atoms with Gasteiger partial charge < -0.3 is 30.1 Å². The van der Waals surface area contributed by atoms with Gasteiger partial charge in [-0.05, 0) is 25.0 Å². The van der Waals surface area contributed by atoms with Gasteiger partial charge in [0.15, 0.2) is 11.5 Å². The van der Waals surface area contributed by atoms with E-state index in [1.54, 1.807) is 30.0 Å². The number of amides is 3. The largest absolute Gasteiger partial charge is 0.454 e. The second kappa shape index (κ2) is 8.69. The summed E-state index contributed by atoms with van der Waals surface area (Å²) >= 11 is 0. The van der Waals surface area contributed by atoms with Crippen molar-refractivity contribution in [2.75, 3.05) is 24.8 Å². The second-order valence-electron chi connectivity index (χ2n) is 7.77. The smallest absolute Gasteiger partial charge is 0.243 e. The highest BCUT2D eigenvalue weighted by atomic mass is 16.7. The summed E-state index contributed by atoms with van der Waals surface area (Å²) in [5, 5.41) is 14.6. The summed E-state index contributed by atoms with van der Waals surface area (Å²) in [5.41, 5.74) is 0.643. The molecule has 3 amide bonds. The van der Waals surface area contributed by atoms with Gasteiger partial charge >= 0.3 is 0 Å². The van der Waals surface area contributed by atoms with Gasteiger partial charge in [-0.15, -0.1) is 0 Å².